The zero-order valence-electron chi connectivity index (χ0n) is 10.8. The van der Waals surface area contributed by atoms with Gasteiger partial charge in [0.05, 0.1) is 6.10 Å². The zero-order chi connectivity index (χ0) is 13.9. The van der Waals surface area contributed by atoms with Crippen LogP contribution in [0.1, 0.15) is 17.2 Å². The van der Waals surface area contributed by atoms with Gasteiger partial charge in [-0.05, 0) is 34.7 Å². The number of halogens is 1. The number of aliphatic hydroxyl groups excluding tert-OH is 1. The van der Waals surface area contributed by atoms with Gasteiger partial charge in [0.2, 0.25) is 0 Å². The minimum atomic E-state index is -0.664. The van der Waals surface area contributed by atoms with Crippen LogP contribution in [0.5, 0.6) is 0 Å². The van der Waals surface area contributed by atoms with Crippen molar-refractivity contribution in [2.75, 3.05) is 0 Å². The van der Waals surface area contributed by atoms with Crippen LogP contribution in [0.25, 0.3) is 10.8 Å². The van der Waals surface area contributed by atoms with E-state index < -0.39 is 6.10 Å². The maximum absolute atomic E-state index is 13.2. The highest BCUT2D eigenvalue weighted by Crippen LogP contribution is 2.26. The third-order valence-electron chi connectivity index (χ3n) is 3.39. The smallest absolute Gasteiger partial charge is 0.123 e. The van der Waals surface area contributed by atoms with E-state index in [9.17, 15) is 9.50 Å². The van der Waals surface area contributed by atoms with Crippen LogP contribution in [0.15, 0.2) is 60.9 Å². The molecule has 3 aromatic rings. The molecule has 2 nitrogen and oxygen atoms in total. The normalized spacial score (nSPS) is 12.5. The third kappa shape index (κ3) is 2.53. The van der Waals surface area contributed by atoms with Crippen LogP contribution < -0.4 is 0 Å². The van der Waals surface area contributed by atoms with E-state index in [1.807, 2.05) is 30.3 Å². The first kappa shape index (κ1) is 12.8. The Bertz CT molecular complexity index is 736. The second-order valence-corrected chi connectivity index (χ2v) is 4.79. The molecule has 0 aliphatic heterocycles. The van der Waals surface area contributed by atoms with Gasteiger partial charge in [-0.3, -0.25) is 4.98 Å². The van der Waals surface area contributed by atoms with Crippen molar-refractivity contribution < 1.29 is 9.50 Å². The predicted octanol–water partition coefficient (Wildman–Crippen LogP) is 3.65. The Kier molecular flexibility index (Phi) is 3.44. The molecule has 1 unspecified atom stereocenters. The first-order chi connectivity index (χ1) is 9.74. The number of benzene rings is 2. The molecule has 0 fully saturated rings. The molecular formula is C17H14FNO. The Morgan fingerprint density at radius 2 is 1.95 bits per heavy atom. The Morgan fingerprint density at radius 1 is 1.10 bits per heavy atom. The van der Waals surface area contributed by atoms with Gasteiger partial charge in [0.1, 0.15) is 5.82 Å². The van der Waals surface area contributed by atoms with E-state index in [2.05, 4.69) is 4.98 Å². The number of nitrogens with zero attached hydrogens (tertiary/aromatic N) is 1. The van der Waals surface area contributed by atoms with E-state index >= 15 is 0 Å². The van der Waals surface area contributed by atoms with E-state index in [0.717, 1.165) is 21.9 Å². The van der Waals surface area contributed by atoms with E-state index in [1.165, 1.54) is 12.1 Å². The number of aromatic nitrogens is 1. The number of fused-ring (bicyclic) bond motifs is 1. The summed E-state index contributed by atoms with van der Waals surface area (Å²) >= 11 is 0. The molecule has 0 saturated heterocycles. The Hall–Kier alpha value is -2.26. The molecule has 1 heterocycles. The van der Waals surface area contributed by atoms with Crippen molar-refractivity contribution in [1.29, 1.82) is 0 Å². The molecule has 0 radical (unpaired) electrons. The van der Waals surface area contributed by atoms with Gasteiger partial charge in [0.25, 0.3) is 0 Å². The lowest BCUT2D eigenvalue weighted by atomic mass is 9.97. The standard InChI is InChI=1S/C17H14FNO/c18-14-5-1-3-12(9-14)10-17(20)16-6-2-4-13-11-19-8-7-15(13)16/h1-9,11,17,20H,10H2. The predicted molar refractivity (Wildman–Crippen MR) is 76.8 cm³/mol. The van der Waals surface area contributed by atoms with Crippen molar-refractivity contribution in [1.82, 2.24) is 4.98 Å². The van der Waals surface area contributed by atoms with Crippen molar-refractivity contribution in [2.24, 2.45) is 0 Å². The second-order valence-electron chi connectivity index (χ2n) is 4.79. The van der Waals surface area contributed by atoms with Crippen LogP contribution in [0.3, 0.4) is 0 Å². The molecule has 0 aliphatic rings. The first-order valence-electron chi connectivity index (χ1n) is 6.49. The molecule has 1 aromatic heterocycles. The van der Waals surface area contributed by atoms with Gasteiger partial charge in [0.15, 0.2) is 0 Å². The van der Waals surface area contributed by atoms with Gasteiger partial charge in [-0.1, -0.05) is 30.3 Å². The summed E-state index contributed by atoms with van der Waals surface area (Å²) in [4.78, 5) is 4.08. The maximum atomic E-state index is 13.2. The van der Waals surface area contributed by atoms with Crippen molar-refractivity contribution in [3.05, 3.63) is 77.9 Å². The van der Waals surface area contributed by atoms with Crippen molar-refractivity contribution in [2.45, 2.75) is 12.5 Å². The highest BCUT2D eigenvalue weighted by Gasteiger charge is 2.12. The van der Waals surface area contributed by atoms with Crippen LogP contribution in [-0.2, 0) is 6.42 Å². The van der Waals surface area contributed by atoms with Gasteiger partial charge in [0, 0.05) is 24.2 Å². The van der Waals surface area contributed by atoms with E-state index in [1.54, 1.807) is 18.5 Å². The molecule has 0 saturated carbocycles. The molecule has 1 N–H and O–H groups in total. The van der Waals surface area contributed by atoms with E-state index in [0.29, 0.717) is 6.42 Å². The molecule has 1 atom stereocenters. The van der Waals surface area contributed by atoms with Gasteiger partial charge in [-0.25, -0.2) is 4.39 Å². The van der Waals surface area contributed by atoms with Crippen LogP contribution in [0, 0.1) is 5.82 Å². The number of pyridine rings is 1. The molecule has 3 heteroatoms. The molecule has 100 valence electrons. The lowest BCUT2D eigenvalue weighted by Crippen LogP contribution is -2.03. The molecule has 0 spiro atoms. The fraction of sp³-hybridized carbons (Fsp3) is 0.118. The fourth-order valence-electron chi connectivity index (χ4n) is 2.44. The summed E-state index contributed by atoms with van der Waals surface area (Å²) in [5.41, 5.74) is 1.62. The molecule has 0 aliphatic carbocycles. The monoisotopic (exact) mass is 267 g/mol. The minimum absolute atomic E-state index is 0.281. The van der Waals surface area contributed by atoms with Crippen molar-refractivity contribution >= 4 is 10.8 Å². The van der Waals surface area contributed by atoms with Crippen LogP contribution in [0.4, 0.5) is 4.39 Å². The summed E-state index contributed by atoms with van der Waals surface area (Å²) in [5, 5.41) is 12.4. The average molecular weight is 267 g/mol. The summed E-state index contributed by atoms with van der Waals surface area (Å²) < 4.78 is 13.2. The number of aliphatic hydroxyl groups is 1. The number of hydrogen-bond donors (Lipinski definition) is 1. The first-order valence-corrected chi connectivity index (χ1v) is 6.49. The molecule has 20 heavy (non-hydrogen) atoms. The van der Waals surface area contributed by atoms with Gasteiger partial charge in [-0.2, -0.15) is 0 Å². The fourth-order valence-corrected chi connectivity index (χ4v) is 2.44. The quantitative estimate of drug-likeness (QED) is 0.785. The second kappa shape index (κ2) is 5.39. The lowest BCUT2D eigenvalue weighted by molar-refractivity contribution is 0.180. The number of rotatable bonds is 3. The third-order valence-corrected chi connectivity index (χ3v) is 3.39. The Morgan fingerprint density at radius 3 is 2.80 bits per heavy atom. The Balaban J connectivity index is 1.94. The zero-order valence-corrected chi connectivity index (χ0v) is 10.8. The van der Waals surface area contributed by atoms with Crippen molar-refractivity contribution in [3.63, 3.8) is 0 Å². The van der Waals surface area contributed by atoms with E-state index in [4.69, 9.17) is 0 Å². The van der Waals surface area contributed by atoms with Gasteiger partial charge >= 0.3 is 0 Å². The minimum Gasteiger partial charge on any atom is -0.388 e. The maximum Gasteiger partial charge on any atom is 0.123 e. The van der Waals surface area contributed by atoms with Crippen LogP contribution >= 0.6 is 0 Å². The number of hydrogen-bond acceptors (Lipinski definition) is 2. The topological polar surface area (TPSA) is 33.1 Å². The largest absolute Gasteiger partial charge is 0.388 e. The average Bonchev–Trinajstić information content (AvgIpc) is 2.46. The SMILES string of the molecule is OC(Cc1cccc(F)c1)c1cccc2cnccc12. The summed E-state index contributed by atoms with van der Waals surface area (Å²) in [6, 6.07) is 14.0. The van der Waals surface area contributed by atoms with E-state index in [-0.39, 0.29) is 5.82 Å². The molecule has 0 bridgehead atoms. The molecule has 0 amide bonds. The van der Waals surface area contributed by atoms with Crippen LogP contribution in [-0.4, -0.2) is 10.1 Å². The molecule has 3 rings (SSSR count). The summed E-state index contributed by atoms with van der Waals surface area (Å²) in [7, 11) is 0. The highest BCUT2D eigenvalue weighted by atomic mass is 19.1. The Labute approximate surface area is 116 Å². The molecular weight excluding hydrogens is 253 g/mol. The van der Waals surface area contributed by atoms with Gasteiger partial charge < -0.3 is 5.11 Å². The molecule has 2 aromatic carbocycles. The highest BCUT2D eigenvalue weighted by molar-refractivity contribution is 5.85. The summed E-state index contributed by atoms with van der Waals surface area (Å²) in [6.45, 7) is 0. The summed E-state index contributed by atoms with van der Waals surface area (Å²) in [5.74, 6) is -0.281. The van der Waals surface area contributed by atoms with Crippen LogP contribution in [0.2, 0.25) is 0 Å². The lowest BCUT2D eigenvalue weighted by Gasteiger charge is -2.13. The summed E-state index contributed by atoms with van der Waals surface area (Å²) in [6.07, 6.45) is 3.20. The van der Waals surface area contributed by atoms with Crippen molar-refractivity contribution in [3.8, 4) is 0 Å². The van der Waals surface area contributed by atoms with Gasteiger partial charge in [-0.15, -0.1) is 0 Å².